The summed E-state index contributed by atoms with van der Waals surface area (Å²) >= 11 is 0. The molecule has 10 heteroatoms. The number of carbonyl (C=O) groups excluding carboxylic acids is 3. The van der Waals surface area contributed by atoms with Gasteiger partial charge in [0, 0.05) is 36.7 Å². The Kier molecular flexibility index (Phi) is 8.52. The quantitative estimate of drug-likeness (QED) is 0.298. The standard InChI is InChI=1S/C29H31F3N4O3/c1-18(2)22-15-20(16-23(22)25(37)19-9-5-3-6-10-19)27(38)33-13-14-34-28(39)24-17-36(21-11-7-4-8-12-21)35-26(24)29(30,31)32/h3-12,17-18,20,22-23H,13-16H2,1-2H3,(H,33,38)(H,34,39). The predicted octanol–water partition coefficient (Wildman–Crippen LogP) is 4.92. The van der Waals surface area contributed by atoms with Crippen LogP contribution < -0.4 is 10.6 Å². The third-order valence-corrected chi connectivity index (χ3v) is 7.19. The molecule has 4 rings (SSSR count). The summed E-state index contributed by atoms with van der Waals surface area (Å²) in [7, 11) is 0. The molecule has 39 heavy (non-hydrogen) atoms. The van der Waals surface area contributed by atoms with Gasteiger partial charge in [-0.15, -0.1) is 0 Å². The molecule has 3 unspecified atom stereocenters. The second kappa shape index (κ2) is 11.8. The Morgan fingerprint density at radius 2 is 1.56 bits per heavy atom. The summed E-state index contributed by atoms with van der Waals surface area (Å²) < 4.78 is 41.7. The maximum Gasteiger partial charge on any atom is 0.435 e. The van der Waals surface area contributed by atoms with Gasteiger partial charge < -0.3 is 10.6 Å². The minimum atomic E-state index is -4.82. The van der Waals surface area contributed by atoms with Crippen LogP contribution in [0.5, 0.6) is 0 Å². The number of hydrogen-bond donors (Lipinski definition) is 2. The van der Waals surface area contributed by atoms with Gasteiger partial charge in [0.25, 0.3) is 5.91 Å². The molecule has 1 aliphatic rings. The fraction of sp³-hybridized carbons (Fsp3) is 0.379. The first-order valence-corrected chi connectivity index (χ1v) is 12.9. The second-order valence-electron chi connectivity index (χ2n) is 10.1. The number of alkyl halides is 3. The Labute approximate surface area is 224 Å². The zero-order valence-electron chi connectivity index (χ0n) is 21.7. The average molecular weight is 541 g/mol. The highest BCUT2D eigenvalue weighted by atomic mass is 19.4. The lowest BCUT2D eigenvalue weighted by Crippen LogP contribution is -2.37. The van der Waals surface area contributed by atoms with E-state index in [0.29, 0.717) is 24.1 Å². The number of para-hydroxylation sites is 1. The molecule has 3 aromatic rings. The SMILES string of the molecule is CC(C)C1CC(C(=O)NCCNC(=O)c2cn(-c3ccccc3)nc2C(F)(F)F)CC1C(=O)c1ccccc1. The number of hydrogen-bond acceptors (Lipinski definition) is 4. The zero-order valence-corrected chi connectivity index (χ0v) is 21.7. The van der Waals surface area contributed by atoms with Crippen molar-refractivity contribution in [2.45, 2.75) is 32.9 Å². The van der Waals surface area contributed by atoms with Gasteiger partial charge in [-0.05, 0) is 36.8 Å². The lowest BCUT2D eigenvalue weighted by Gasteiger charge is -2.21. The van der Waals surface area contributed by atoms with E-state index in [0.717, 1.165) is 10.9 Å². The number of halogens is 3. The van der Waals surface area contributed by atoms with E-state index < -0.39 is 23.3 Å². The van der Waals surface area contributed by atoms with E-state index in [1.807, 2.05) is 32.0 Å². The first kappa shape index (κ1) is 28.1. The number of nitrogens with one attached hydrogen (secondary N) is 2. The summed E-state index contributed by atoms with van der Waals surface area (Å²) in [5.74, 6) is -1.46. The van der Waals surface area contributed by atoms with E-state index in [1.165, 1.54) is 0 Å². The van der Waals surface area contributed by atoms with Crippen molar-refractivity contribution in [2.24, 2.45) is 23.7 Å². The predicted molar refractivity (Wildman–Crippen MR) is 139 cm³/mol. The molecule has 3 atom stereocenters. The lowest BCUT2D eigenvalue weighted by molar-refractivity contribution is -0.141. The van der Waals surface area contributed by atoms with Crippen LogP contribution in [-0.4, -0.2) is 40.5 Å². The van der Waals surface area contributed by atoms with Gasteiger partial charge in [0.1, 0.15) is 0 Å². The van der Waals surface area contributed by atoms with E-state index in [9.17, 15) is 27.6 Å². The smallest absolute Gasteiger partial charge is 0.354 e. The second-order valence-corrected chi connectivity index (χ2v) is 10.1. The Balaban J connectivity index is 1.34. The molecule has 0 spiro atoms. The van der Waals surface area contributed by atoms with Gasteiger partial charge in [-0.1, -0.05) is 62.4 Å². The molecule has 206 valence electrons. The number of nitrogens with zero attached hydrogens (tertiary/aromatic N) is 2. The first-order valence-electron chi connectivity index (χ1n) is 12.9. The van der Waals surface area contributed by atoms with Gasteiger partial charge in [0.15, 0.2) is 11.5 Å². The van der Waals surface area contributed by atoms with Gasteiger partial charge in [-0.25, -0.2) is 4.68 Å². The number of amides is 2. The van der Waals surface area contributed by atoms with Crippen molar-refractivity contribution in [3.05, 3.63) is 83.7 Å². The number of carbonyl (C=O) groups is 3. The normalized spacial score (nSPS) is 19.2. The molecule has 1 aliphatic carbocycles. The molecular formula is C29H31F3N4O3. The largest absolute Gasteiger partial charge is 0.435 e. The molecule has 0 bridgehead atoms. The molecular weight excluding hydrogens is 509 g/mol. The molecule has 2 amide bonds. The van der Waals surface area contributed by atoms with E-state index in [1.54, 1.807) is 42.5 Å². The van der Waals surface area contributed by atoms with Gasteiger partial charge in [0.2, 0.25) is 5.91 Å². The minimum absolute atomic E-state index is 0.0355. The Morgan fingerprint density at radius 1 is 0.949 bits per heavy atom. The van der Waals surface area contributed by atoms with Crippen LogP contribution in [-0.2, 0) is 11.0 Å². The molecule has 2 N–H and O–H groups in total. The maximum atomic E-state index is 13.6. The number of rotatable bonds is 9. The highest BCUT2D eigenvalue weighted by Gasteiger charge is 2.43. The monoisotopic (exact) mass is 540 g/mol. The van der Waals surface area contributed by atoms with Gasteiger partial charge >= 0.3 is 6.18 Å². The highest BCUT2D eigenvalue weighted by Crippen LogP contribution is 2.42. The van der Waals surface area contributed by atoms with Crippen molar-refractivity contribution in [3.63, 3.8) is 0 Å². The van der Waals surface area contributed by atoms with Crippen molar-refractivity contribution < 1.29 is 27.6 Å². The lowest BCUT2D eigenvalue weighted by atomic mass is 9.82. The first-order chi connectivity index (χ1) is 18.6. The molecule has 1 aromatic heterocycles. The van der Waals surface area contributed by atoms with Gasteiger partial charge in [-0.3, -0.25) is 14.4 Å². The molecule has 7 nitrogen and oxygen atoms in total. The molecule has 1 saturated carbocycles. The van der Waals surface area contributed by atoms with Crippen molar-refractivity contribution in [1.29, 1.82) is 0 Å². The summed E-state index contributed by atoms with van der Waals surface area (Å²) in [6.07, 6.45) is -2.76. The van der Waals surface area contributed by atoms with E-state index in [2.05, 4.69) is 15.7 Å². The molecule has 2 aromatic carbocycles. The summed E-state index contributed by atoms with van der Waals surface area (Å²) in [5.41, 5.74) is -0.872. The van der Waals surface area contributed by atoms with Crippen LogP contribution in [0.4, 0.5) is 13.2 Å². The van der Waals surface area contributed by atoms with E-state index in [4.69, 9.17) is 0 Å². The summed E-state index contributed by atoms with van der Waals surface area (Å²) in [5, 5.41) is 8.77. The van der Waals surface area contributed by atoms with E-state index in [-0.39, 0.29) is 48.5 Å². The Morgan fingerprint density at radius 3 is 2.18 bits per heavy atom. The van der Waals surface area contributed by atoms with Crippen molar-refractivity contribution in [2.75, 3.05) is 13.1 Å². The average Bonchev–Trinajstić information content (AvgIpc) is 3.58. The van der Waals surface area contributed by atoms with Gasteiger partial charge in [-0.2, -0.15) is 18.3 Å². The maximum absolute atomic E-state index is 13.6. The fourth-order valence-electron chi connectivity index (χ4n) is 5.20. The highest BCUT2D eigenvalue weighted by molar-refractivity contribution is 5.99. The number of aromatic nitrogens is 2. The molecule has 0 aliphatic heterocycles. The number of Topliss-reactive ketones (excluding diaryl/α,β-unsaturated/α-hetero) is 1. The van der Waals surface area contributed by atoms with Crippen LogP contribution in [0.25, 0.3) is 5.69 Å². The van der Waals surface area contributed by atoms with Gasteiger partial charge in [0.05, 0.1) is 11.3 Å². The Bertz CT molecular complexity index is 1310. The van der Waals surface area contributed by atoms with E-state index >= 15 is 0 Å². The van der Waals surface area contributed by atoms with Crippen LogP contribution in [0, 0.1) is 23.7 Å². The molecule has 1 fully saturated rings. The summed E-state index contributed by atoms with van der Waals surface area (Å²) in [4.78, 5) is 38.6. The topological polar surface area (TPSA) is 93.1 Å². The molecule has 1 heterocycles. The number of benzene rings is 2. The minimum Gasteiger partial charge on any atom is -0.354 e. The number of ketones is 1. The molecule has 0 radical (unpaired) electrons. The zero-order chi connectivity index (χ0) is 28.2. The summed E-state index contributed by atoms with van der Waals surface area (Å²) in [6, 6.07) is 17.2. The van der Waals surface area contributed by atoms with Crippen molar-refractivity contribution >= 4 is 17.6 Å². The van der Waals surface area contributed by atoms with Crippen LogP contribution in [0.15, 0.2) is 66.9 Å². The van der Waals surface area contributed by atoms with Crippen LogP contribution in [0.3, 0.4) is 0 Å². The summed E-state index contributed by atoms with van der Waals surface area (Å²) in [6.45, 7) is 4.06. The van der Waals surface area contributed by atoms with Crippen LogP contribution in [0.1, 0.15) is 53.1 Å². The fourth-order valence-corrected chi connectivity index (χ4v) is 5.20. The van der Waals surface area contributed by atoms with Crippen molar-refractivity contribution in [1.82, 2.24) is 20.4 Å². The molecule has 0 saturated heterocycles. The van der Waals surface area contributed by atoms with Crippen LogP contribution in [0.2, 0.25) is 0 Å². The third-order valence-electron chi connectivity index (χ3n) is 7.19. The van der Waals surface area contributed by atoms with Crippen molar-refractivity contribution in [3.8, 4) is 5.69 Å². The Hall–Kier alpha value is -3.95. The van der Waals surface area contributed by atoms with Crippen LogP contribution >= 0.6 is 0 Å². The third kappa shape index (κ3) is 6.55.